The average Bonchev–Trinajstić information content (AvgIpc) is 3.00. The van der Waals surface area contributed by atoms with Crippen molar-refractivity contribution in [2.24, 2.45) is 5.92 Å². The summed E-state index contributed by atoms with van der Waals surface area (Å²) in [5.74, 6) is 2.22. The van der Waals surface area contributed by atoms with Crippen LogP contribution in [0.1, 0.15) is 41.3 Å². The van der Waals surface area contributed by atoms with Gasteiger partial charge in [-0.25, -0.2) is 0 Å². The van der Waals surface area contributed by atoms with Gasteiger partial charge in [0.1, 0.15) is 18.0 Å². The van der Waals surface area contributed by atoms with Crippen molar-refractivity contribution in [3.05, 3.63) is 58.8 Å². The van der Waals surface area contributed by atoms with E-state index in [1.807, 2.05) is 24.3 Å². The first-order valence-corrected chi connectivity index (χ1v) is 9.82. The van der Waals surface area contributed by atoms with Crippen molar-refractivity contribution in [3.63, 3.8) is 0 Å². The normalized spacial score (nSPS) is 22.8. The van der Waals surface area contributed by atoms with Gasteiger partial charge in [0.2, 0.25) is 5.78 Å². The predicted molar refractivity (Wildman–Crippen MR) is 107 cm³/mol. The Hall–Kier alpha value is -2.79. The molecule has 1 fully saturated rings. The number of carbonyl (C=O) groups is 1. The Morgan fingerprint density at radius 3 is 2.96 bits per heavy atom. The van der Waals surface area contributed by atoms with E-state index in [-0.39, 0.29) is 17.3 Å². The summed E-state index contributed by atoms with van der Waals surface area (Å²) in [6, 6.07) is 10.7. The number of likely N-dealkylation sites (tertiary alicyclic amines) is 1. The number of phenolic OH excluding ortho intramolecular Hbond substituents is 1. The number of hydrogen-bond acceptors (Lipinski definition) is 4. The molecule has 5 heteroatoms. The summed E-state index contributed by atoms with van der Waals surface area (Å²) < 4.78 is 11.2. The monoisotopic (exact) mass is 380 g/mol. The van der Waals surface area contributed by atoms with Crippen molar-refractivity contribution in [2.75, 3.05) is 20.2 Å². The smallest absolute Gasteiger partial charge is 0.231 e. The van der Waals surface area contributed by atoms with Crippen LogP contribution in [0.5, 0.6) is 17.2 Å². The molecule has 2 aromatic carbocycles. The number of piperidine rings is 1. The van der Waals surface area contributed by atoms with Gasteiger partial charge in [0.05, 0.1) is 31.3 Å². The largest absolute Gasteiger partial charge is 0.507 e. The molecule has 2 aliphatic rings. The summed E-state index contributed by atoms with van der Waals surface area (Å²) in [5, 5.41) is 10.5. The number of ether oxygens (including phenoxy) is 2. The van der Waals surface area contributed by atoms with Crippen molar-refractivity contribution in [1.29, 1.82) is 0 Å². The highest BCUT2D eigenvalue weighted by molar-refractivity contribution is 6.15. The SMILES string of the molecule is COc1cccc(C=C2Oc3c(ccc(O)c3C[NH+]3CCC[C@H](C)C3)C2=O)c1. The number of rotatable bonds is 4. The zero-order chi connectivity index (χ0) is 19.7. The molecule has 0 aliphatic carbocycles. The number of Topliss-reactive ketones (excluding diaryl/α,β-unsaturated/α-hetero) is 1. The first-order valence-electron chi connectivity index (χ1n) is 9.82. The Kier molecular flexibility index (Phi) is 5.09. The lowest BCUT2D eigenvalue weighted by molar-refractivity contribution is -0.922. The maximum absolute atomic E-state index is 12.9. The number of carbonyl (C=O) groups excluding carboxylic acids is 1. The van der Waals surface area contributed by atoms with Crippen LogP contribution in [0.15, 0.2) is 42.2 Å². The van der Waals surface area contributed by atoms with E-state index in [0.717, 1.165) is 30.0 Å². The van der Waals surface area contributed by atoms with Gasteiger partial charge in [-0.15, -0.1) is 0 Å². The van der Waals surface area contributed by atoms with Crippen LogP contribution in [0.25, 0.3) is 6.08 Å². The minimum Gasteiger partial charge on any atom is -0.507 e. The van der Waals surface area contributed by atoms with Crippen LogP contribution in [0.2, 0.25) is 0 Å². The molecule has 2 N–H and O–H groups in total. The quantitative estimate of drug-likeness (QED) is 0.801. The fourth-order valence-corrected chi connectivity index (χ4v) is 4.16. The summed E-state index contributed by atoms with van der Waals surface area (Å²) >= 11 is 0. The minimum absolute atomic E-state index is 0.152. The predicted octanol–water partition coefficient (Wildman–Crippen LogP) is 2.83. The first kappa shape index (κ1) is 18.6. The van der Waals surface area contributed by atoms with E-state index in [9.17, 15) is 9.90 Å². The Balaban J connectivity index is 1.63. The molecule has 2 heterocycles. The zero-order valence-corrected chi connectivity index (χ0v) is 16.3. The van der Waals surface area contributed by atoms with Crippen LogP contribution in [-0.2, 0) is 6.54 Å². The van der Waals surface area contributed by atoms with Gasteiger partial charge < -0.3 is 19.5 Å². The second kappa shape index (κ2) is 7.68. The highest BCUT2D eigenvalue weighted by atomic mass is 16.5. The maximum Gasteiger partial charge on any atom is 0.231 e. The van der Waals surface area contributed by atoms with E-state index in [0.29, 0.717) is 23.8 Å². The third kappa shape index (κ3) is 3.62. The number of allylic oxidation sites excluding steroid dienone is 1. The highest BCUT2D eigenvalue weighted by Gasteiger charge is 2.33. The summed E-state index contributed by atoms with van der Waals surface area (Å²) in [5.41, 5.74) is 2.08. The Morgan fingerprint density at radius 2 is 2.18 bits per heavy atom. The molecule has 2 atom stereocenters. The van der Waals surface area contributed by atoms with Gasteiger partial charge >= 0.3 is 0 Å². The topological polar surface area (TPSA) is 60.2 Å². The summed E-state index contributed by atoms with van der Waals surface area (Å²) in [4.78, 5) is 14.3. The van der Waals surface area contributed by atoms with Crippen molar-refractivity contribution < 1.29 is 24.3 Å². The summed E-state index contributed by atoms with van der Waals surface area (Å²) in [6.45, 7) is 5.08. The molecule has 1 unspecified atom stereocenters. The third-order valence-electron chi connectivity index (χ3n) is 5.60. The molecule has 28 heavy (non-hydrogen) atoms. The van der Waals surface area contributed by atoms with Crippen LogP contribution in [0.4, 0.5) is 0 Å². The Bertz CT molecular complexity index is 934. The molecule has 1 saturated heterocycles. The van der Waals surface area contributed by atoms with Crippen molar-refractivity contribution in [3.8, 4) is 17.2 Å². The van der Waals surface area contributed by atoms with E-state index in [4.69, 9.17) is 9.47 Å². The van der Waals surface area contributed by atoms with Gasteiger partial charge in [0.15, 0.2) is 11.5 Å². The molecule has 4 rings (SSSR count). The van der Waals surface area contributed by atoms with Crippen LogP contribution in [0, 0.1) is 5.92 Å². The van der Waals surface area contributed by atoms with E-state index < -0.39 is 0 Å². The number of ketones is 1. The zero-order valence-electron chi connectivity index (χ0n) is 16.3. The van der Waals surface area contributed by atoms with E-state index in [1.165, 1.54) is 17.7 Å². The molecule has 0 radical (unpaired) electrons. The van der Waals surface area contributed by atoms with E-state index in [2.05, 4.69) is 6.92 Å². The number of nitrogens with one attached hydrogen (secondary N) is 1. The van der Waals surface area contributed by atoms with Crippen LogP contribution in [0.3, 0.4) is 0 Å². The van der Waals surface area contributed by atoms with Crippen molar-refractivity contribution in [2.45, 2.75) is 26.3 Å². The molecule has 2 aromatic rings. The van der Waals surface area contributed by atoms with Gasteiger partial charge in [-0.3, -0.25) is 4.79 Å². The second-order valence-corrected chi connectivity index (χ2v) is 7.78. The molecule has 146 valence electrons. The summed E-state index contributed by atoms with van der Waals surface area (Å²) in [7, 11) is 1.61. The molecule has 2 aliphatic heterocycles. The molecule has 0 spiro atoms. The van der Waals surface area contributed by atoms with Gasteiger partial charge in [0.25, 0.3) is 0 Å². The molecule has 0 bridgehead atoms. The fourth-order valence-electron chi connectivity index (χ4n) is 4.16. The molecule has 0 saturated carbocycles. The molecule has 5 nitrogen and oxygen atoms in total. The lowest BCUT2D eigenvalue weighted by Gasteiger charge is -2.28. The highest BCUT2D eigenvalue weighted by Crippen LogP contribution is 2.39. The third-order valence-corrected chi connectivity index (χ3v) is 5.60. The number of benzene rings is 2. The van der Waals surface area contributed by atoms with Gasteiger partial charge in [0, 0.05) is 5.92 Å². The number of hydrogen-bond donors (Lipinski definition) is 2. The van der Waals surface area contributed by atoms with Gasteiger partial charge in [-0.1, -0.05) is 19.1 Å². The second-order valence-electron chi connectivity index (χ2n) is 7.78. The molecular weight excluding hydrogens is 354 g/mol. The molecule has 0 aromatic heterocycles. The number of aromatic hydroxyl groups is 1. The number of fused-ring (bicyclic) bond motifs is 1. The summed E-state index contributed by atoms with van der Waals surface area (Å²) in [6.07, 6.45) is 4.17. The van der Waals surface area contributed by atoms with Crippen LogP contribution < -0.4 is 14.4 Å². The maximum atomic E-state index is 12.9. The average molecular weight is 380 g/mol. The number of methoxy groups -OCH3 is 1. The van der Waals surface area contributed by atoms with E-state index in [1.54, 1.807) is 25.3 Å². The first-order chi connectivity index (χ1) is 13.5. The Labute approximate surface area is 165 Å². The van der Waals surface area contributed by atoms with E-state index >= 15 is 0 Å². The lowest BCUT2D eigenvalue weighted by atomic mass is 9.99. The standard InChI is InChI=1S/C23H25NO4/c1-15-5-4-10-24(13-15)14-19-20(25)9-8-18-22(26)21(28-23(18)19)12-16-6-3-7-17(11-16)27-2/h3,6-9,11-12,15,25H,4-5,10,13-14H2,1-2H3/p+1/t15-/m0/s1. The van der Waals surface area contributed by atoms with Crippen LogP contribution in [-0.4, -0.2) is 31.1 Å². The number of quaternary nitrogens is 1. The van der Waals surface area contributed by atoms with Crippen molar-refractivity contribution >= 4 is 11.9 Å². The van der Waals surface area contributed by atoms with Gasteiger partial charge in [-0.05, 0) is 48.7 Å². The van der Waals surface area contributed by atoms with Gasteiger partial charge in [-0.2, -0.15) is 0 Å². The molecular formula is C23H26NO4+. The number of phenols is 1. The minimum atomic E-state index is -0.152. The lowest BCUT2D eigenvalue weighted by Crippen LogP contribution is -3.12. The Morgan fingerprint density at radius 1 is 1.32 bits per heavy atom. The fraction of sp³-hybridized carbons (Fsp3) is 0.348. The van der Waals surface area contributed by atoms with Crippen molar-refractivity contribution in [1.82, 2.24) is 0 Å². The molecule has 0 amide bonds. The van der Waals surface area contributed by atoms with Crippen LogP contribution >= 0.6 is 0 Å².